The lowest BCUT2D eigenvalue weighted by Crippen LogP contribution is -2.44. The van der Waals surface area contributed by atoms with Gasteiger partial charge in [0, 0.05) is 32.4 Å². The van der Waals surface area contributed by atoms with Gasteiger partial charge in [-0.2, -0.15) is 0 Å². The first-order valence-corrected chi connectivity index (χ1v) is 11.9. The third kappa shape index (κ3) is 4.43. The van der Waals surface area contributed by atoms with Gasteiger partial charge in [0.1, 0.15) is 9.96 Å². The Bertz CT molecular complexity index is 1110. The SMILES string of the molecule is COc1ccc(NS(=O)(=O)c2ccc(-c3ccccn3)s2)cc1N1CCN(C)CC1. The summed E-state index contributed by atoms with van der Waals surface area (Å²) in [5.41, 5.74) is 2.16. The Labute approximate surface area is 181 Å². The summed E-state index contributed by atoms with van der Waals surface area (Å²) in [6.45, 7) is 3.62. The van der Waals surface area contributed by atoms with Crippen LogP contribution < -0.4 is 14.4 Å². The monoisotopic (exact) mass is 444 g/mol. The van der Waals surface area contributed by atoms with Crippen LogP contribution in [-0.2, 0) is 10.0 Å². The van der Waals surface area contributed by atoms with Crippen molar-refractivity contribution in [1.82, 2.24) is 9.88 Å². The number of likely N-dealkylation sites (N-methyl/N-ethyl adjacent to an activating group) is 1. The first kappa shape index (κ1) is 20.6. The quantitative estimate of drug-likeness (QED) is 0.628. The molecule has 0 bridgehead atoms. The maximum atomic E-state index is 13.0. The number of aromatic nitrogens is 1. The first-order valence-electron chi connectivity index (χ1n) is 9.62. The van der Waals surface area contributed by atoms with Gasteiger partial charge in [-0.25, -0.2) is 8.42 Å². The number of anilines is 2. The van der Waals surface area contributed by atoms with Gasteiger partial charge in [0.05, 0.1) is 29.1 Å². The molecular weight excluding hydrogens is 420 g/mol. The average Bonchev–Trinajstić information content (AvgIpc) is 3.26. The normalized spacial score (nSPS) is 15.2. The van der Waals surface area contributed by atoms with Gasteiger partial charge in [-0.1, -0.05) is 6.07 Å². The van der Waals surface area contributed by atoms with Gasteiger partial charge in [0.15, 0.2) is 0 Å². The lowest BCUT2D eigenvalue weighted by Gasteiger charge is -2.34. The number of pyridine rings is 1. The maximum absolute atomic E-state index is 13.0. The Morgan fingerprint density at radius 3 is 2.57 bits per heavy atom. The smallest absolute Gasteiger partial charge is 0.271 e. The summed E-state index contributed by atoms with van der Waals surface area (Å²) in [6.07, 6.45) is 1.69. The highest BCUT2D eigenvalue weighted by molar-refractivity contribution is 7.94. The van der Waals surface area contributed by atoms with Crippen LogP contribution in [0.2, 0.25) is 0 Å². The number of benzene rings is 1. The molecule has 0 atom stereocenters. The highest BCUT2D eigenvalue weighted by Crippen LogP contribution is 2.34. The van der Waals surface area contributed by atoms with Crippen LogP contribution >= 0.6 is 11.3 Å². The van der Waals surface area contributed by atoms with Crippen LogP contribution in [0.5, 0.6) is 5.75 Å². The Morgan fingerprint density at radius 1 is 1.07 bits per heavy atom. The zero-order valence-corrected chi connectivity index (χ0v) is 18.5. The molecule has 0 aliphatic carbocycles. The van der Waals surface area contributed by atoms with Crippen LogP contribution in [0.25, 0.3) is 10.6 Å². The molecule has 0 radical (unpaired) electrons. The molecule has 1 N–H and O–H groups in total. The van der Waals surface area contributed by atoms with E-state index in [0.717, 1.165) is 48.2 Å². The summed E-state index contributed by atoms with van der Waals surface area (Å²) < 4.78 is 34.4. The van der Waals surface area contributed by atoms with E-state index in [4.69, 9.17) is 4.74 Å². The molecule has 9 heteroatoms. The summed E-state index contributed by atoms with van der Waals surface area (Å²) in [5.74, 6) is 0.732. The number of hydrogen-bond acceptors (Lipinski definition) is 7. The number of nitrogens with zero attached hydrogens (tertiary/aromatic N) is 3. The van der Waals surface area contributed by atoms with E-state index in [-0.39, 0.29) is 4.21 Å². The van der Waals surface area contributed by atoms with E-state index >= 15 is 0 Å². The average molecular weight is 445 g/mol. The fourth-order valence-electron chi connectivity index (χ4n) is 3.36. The van der Waals surface area contributed by atoms with Gasteiger partial charge in [0.25, 0.3) is 10.0 Å². The van der Waals surface area contributed by atoms with Gasteiger partial charge in [-0.15, -0.1) is 11.3 Å². The molecule has 4 rings (SSSR count). The second-order valence-corrected chi connectivity index (χ2v) is 10.1. The third-order valence-electron chi connectivity index (χ3n) is 5.04. The molecule has 158 valence electrons. The minimum atomic E-state index is -3.70. The number of methoxy groups -OCH3 is 1. The highest BCUT2D eigenvalue weighted by Gasteiger charge is 2.21. The number of piperazine rings is 1. The van der Waals surface area contributed by atoms with Gasteiger partial charge in [-0.05, 0) is 49.5 Å². The molecule has 0 saturated carbocycles. The molecule has 7 nitrogen and oxygen atoms in total. The van der Waals surface area contributed by atoms with E-state index in [1.165, 1.54) is 11.3 Å². The lowest BCUT2D eigenvalue weighted by atomic mass is 10.2. The number of nitrogens with one attached hydrogen (secondary N) is 1. The number of thiophene rings is 1. The minimum absolute atomic E-state index is 0.250. The fourth-order valence-corrected chi connectivity index (χ4v) is 5.70. The second kappa shape index (κ2) is 8.63. The molecule has 3 aromatic rings. The van der Waals surface area contributed by atoms with Crippen LogP contribution in [-0.4, -0.2) is 58.6 Å². The van der Waals surface area contributed by atoms with E-state index in [0.29, 0.717) is 5.69 Å². The summed E-state index contributed by atoms with van der Waals surface area (Å²) >= 11 is 1.20. The van der Waals surface area contributed by atoms with Gasteiger partial charge in [0.2, 0.25) is 0 Å². The molecule has 1 fully saturated rings. The van der Waals surface area contributed by atoms with Crippen molar-refractivity contribution in [2.45, 2.75) is 4.21 Å². The molecule has 0 spiro atoms. The molecule has 0 unspecified atom stereocenters. The Kier molecular flexibility index (Phi) is 5.94. The fraction of sp³-hybridized carbons (Fsp3) is 0.286. The van der Waals surface area contributed by atoms with Crippen molar-refractivity contribution in [2.24, 2.45) is 0 Å². The highest BCUT2D eigenvalue weighted by atomic mass is 32.2. The molecule has 1 aliphatic heterocycles. The number of rotatable bonds is 6. The van der Waals surface area contributed by atoms with Crippen molar-refractivity contribution >= 4 is 32.7 Å². The third-order valence-corrected chi connectivity index (χ3v) is 8.02. The van der Waals surface area contributed by atoms with E-state index in [1.54, 1.807) is 37.6 Å². The van der Waals surface area contributed by atoms with Gasteiger partial charge in [-0.3, -0.25) is 9.71 Å². The summed E-state index contributed by atoms with van der Waals surface area (Å²) in [4.78, 5) is 9.59. The Hall–Kier alpha value is -2.62. The van der Waals surface area contributed by atoms with Crippen molar-refractivity contribution in [3.8, 4) is 16.3 Å². The second-order valence-electron chi connectivity index (χ2n) is 7.12. The number of sulfonamides is 1. The number of hydrogen-bond donors (Lipinski definition) is 1. The largest absolute Gasteiger partial charge is 0.495 e. The molecule has 3 heterocycles. The zero-order valence-electron chi connectivity index (χ0n) is 16.9. The predicted octanol–water partition coefficient (Wildman–Crippen LogP) is 3.37. The van der Waals surface area contributed by atoms with Crippen molar-refractivity contribution in [3.63, 3.8) is 0 Å². The Morgan fingerprint density at radius 2 is 1.87 bits per heavy atom. The standard InChI is InChI=1S/C21H24N4O3S2/c1-24-11-13-25(14-12-24)18-15-16(6-7-19(18)28-2)23-30(26,27)21-9-8-20(29-21)17-5-3-4-10-22-17/h3-10,15,23H,11-14H2,1-2H3. The van der Waals surface area contributed by atoms with Crippen molar-refractivity contribution < 1.29 is 13.2 Å². The molecule has 1 aromatic carbocycles. The van der Waals surface area contributed by atoms with Crippen LogP contribution in [0.3, 0.4) is 0 Å². The van der Waals surface area contributed by atoms with Crippen LogP contribution in [0.4, 0.5) is 11.4 Å². The minimum Gasteiger partial charge on any atom is -0.495 e. The summed E-state index contributed by atoms with van der Waals surface area (Å²) in [5, 5.41) is 0. The van der Waals surface area contributed by atoms with Crippen LogP contribution in [0.15, 0.2) is 58.9 Å². The topological polar surface area (TPSA) is 74.8 Å². The van der Waals surface area contributed by atoms with Gasteiger partial charge >= 0.3 is 0 Å². The van der Waals surface area contributed by atoms with E-state index in [1.807, 2.05) is 24.3 Å². The lowest BCUT2D eigenvalue weighted by molar-refractivity contribution is 0.311. The molecule has 1 saturated heterocycles. The molecule has 2 aromatic heterocycles. The zero-order chi connectivity index (χ0) is 21.1. The van der Waals surface area contributed by atoms with Crippen molar-refractivity contribution in [3.05, 3.63) is 54.7 Å². The molecule has 30 heavy (non-hydrogen) atoms. The summed E-state index contributed by atoms with van der Waals surface area (Å²) in [7, 11) is 0.0220. The van der Waals surface area contributed by atoms with Crippen molar-refractivity contribution in [1.29, 1.82) is 0 Å². The van der Waals surface area contributed by atoms with Crippen molar-refractivity contribution in [2.75, 3.05) is 50.0 Å². The molecule has 1 aliphatic rings. The molecule has 0 amide bonds. The predicted molar refractivity (Wildman–Crippen MR) is 121 cm³/mol. The van der Waals surface area contributed by atoms with E-state index < -0.39 is 10.0 Å². The maximum Gasteiger partial charge on any atom is 0.271 e. The van der Waals surface area contributed by atoms with E-state index in [9.17, 15) is 8.42 Å². The first-order chi connectivity index (χ1) is 14.5. The Balaban J connectivity index is 1.57. The summed E-state index contributed by atoms with van der Waals surface area (Å²) in [6, 6.07) is 14.3. The number of ether oxygens (including phenoxy) is 1. The van der Waals surface area contributed by atoms with Gasteiger partial charge < -0.3 is 14.5 Å². The molecular formula is C21H24N4O3S2. The van der Waals surface area contributed by atoms with E-state index in [2.05, 4.69) is 26.6 Å². The van der Waals surface area contributed by atoms with Crippen LogP contribution in [0.1, 0.15) is 0 Å². The van der Waals surface area contributed by atoms with Crippen LogP contribution in [0, 0.1) is 0 Å².